The molecule has 2 aromatic carbocycles. The molecule has 2 N–H and O–H groups in total. The summed E-state index contributed by atoms with van der Waals surface area (Å²) in [5.41, 5.74) is 2.48. The second kappa shape index (κ2) is 6.05. The van der Waals surface area contributed by atoms with Crippen LogP contribution in [0, 0.1) is 3.57 Å². The fraction of sp³-hybridized carbons (Fsp3) is 0.235. The van der Waals surface area contributed by atoms with Gasteiger partial charge >= 0.3 is 0 Å². The molecular formula is C17H18INO2. The number of carbonyl (C=O) groups excluding carboxylic acids is 1. The summed E-state index contributed by atoms with van der Waals surface area (Å²) in [7, 11) is 0. The average molecular weight is 395 g/mol. The van der Waals surface area contributed by atoms with Gasteiger partial charge in [0.15, 0.2) is 0 Å². The zero-order valence-electron chi connectivity index (χ0n) is 12.3. The first-order valence-corrected chi connectivity index (χ1v) is 7.75. The van der Waals surface area contributed by atoms with Crippen LogP contribution >= 0.6 is 22.6 Å². The van der Waals surface area contributed by atoms with Crippen molar-refractivity contribution in [3.05, 3.63) is 57.2 Å². The van der Waals surface area contributed by atoms with E-state index >= 15 is 0 Å². The zero-order valence-corrected chi connectivity index (χ0v) is 14.4. The number of aromatic hydroxyl groups is 1. The molecule has 0 aliphatic carbocycles. The van der Waals surface area contributed by atoms with Crippen molar-refractivity contribution in [1.29, 1.82) is 0 Å². The maximum absolute atomic E-state index is 12.1. The minimum atomic E-state index is -0.231. The molecule has 0 aliphatic rings. The van der Waals surface area contributed by atoms with Gasteiger partial charge in [0.2, 0.25) is 0 Å². The lowest BCUT2D eigenvalue weighted by molar-refractivity contribution is 0.102. The number of hydrogen-bond acceptors (Lipinski definition) is 2. The third-order valence-electron chi connectivity index (χ3n) is 3.22. The summed E-state index contributed by atoms with van der Waals surface area (Å²) >= 11 is 2.02. The Labute approximate surface area is 138 Å². The van der Waals surface area contributed by atoms with Crippen molar-refractivity contribution >= 4 is 34.2 Å². The standard InChI is InChI=1S/C17H18INO2/c1-17(2,3)12-5-7-13(8-6-12)19-16(21)11-4-9-14(18)15(20)10-11/h4-10,20H,1-3H3,(H,19,21). The molecule has 0 aromatic heterocycles. The van der Waals surface area contributed by atoms with Crippen LogP contribution in [0.25, 0.3) is 0 Å². The zero-order chi connectivity index (χ0) is 15.6. The smallest absolute Gasteiger partial charge is 0.255 e. The fourth-order valence-corrected chi connectivity index (χ4v) is 2.25. The van der Waals surface area contributed by atoms with Crippen molar-refractivity contribution in [2.24, 2.45) is 0 Å². The van der Waals surface area contributed by atoms with Gasteiger partial charge < -0.3 is 10.4 Å². The van der Waals surface area contributed by atoms with Gasteiger partial charge in [0.05, 0.1) is 3.57 Å². The summed E-state index contributed by atoms with van der Waals surface area (Å²) in [5, 5.41) is 12.5. The molecule has 0 heterocycles. The number of carbonyl (C=O) groups is 1. The van der Waals surface area contributed by atoms with Gasteiger partial charge in [-0.3, -0.25) is 4.79 Å². The Hall–Kier alpha value is -1.56. The number of nitrogens with one attached hydrogen (secondary N) is 1. The van der Waals surface area contributed by atoms with Gasteiger partial charge in [0, 0.05) is 11.3 Å². The number of phenols is 1. The van der Waals surface area contributed by atoms with Crippen LogP contribution in [0.5, 0.6) is 5.75 Å². The van der Waals surface area contributed by atoms with E-state index in [2.05, 4.69) is 26.1 Å². The molecule has 1 amide bonds. The SMILES string of the molecule is CC(C)(C)c1ccc(NC(=O)c2ccc(I)c(O)c2)cc1. The van der Waals surface area contributed by atoms with Crippen LogP contribution in [0.15, 0.2) is 42.5 Å². The van der Waals surface area contributed by atoms with E-state index in [1.54, 1.807) is 12.1 Å². The van der Waals surface area contributed by atoms with Gasteiger partial charge in [-0.15, -0.1) is 0 Å². The Morgan fingerprint density at radius 1 is 1.10 bits per heavy atom. The topological polar surface area (TPSA) is 49.3 Å². The van der Waals surface area contributed by atoms with E-state index in [9.17, 15) is 9.90 Å². The minimum Gasteiger partial charge on any atom is -0.507 e. The Kier molecular flexibility index (Phi) is 4.56. The van der Waals surface area contributed by atoms with Crippen molar-refractivity contribution in [1.82, 2.24) is 0 Å². The van der Waals surface area contributed by atoms with Crippen LogP contribution < -0.4 is 5.32 Å². The van der Waals surface area contributed by atoms with Gasteiger partial charge in [-0.2, -0.15) is 0 Å². The van der Waals surface area contributed by atoms with E-state index in [0.717, 1.165) is 9.26 Å². The molecule has 0 fully saturated rings. The molecule has 0 spiro atoms. The highest BCUT2D eigenvalue weighted by Gasteiger charge is 2.13. The molecule has 0 atom stereocenters. The molecule has 0 saturated heterocycles. The summed E-state index contributed by atoms with van der Waals surface area (Å²) in [6.45, 7) is 6.44. The summed E-state index contributed by atoms with van der Waals surface area (Å²) in [6.07, 6.45) is 0. The highest BCUT2D eigenvalue weighted by molar-refractivity contribution is 14.1. The molecule has 21 heavy (non-hydrogen) atoms. The van der Waals surface area contributed by atoms with Crippen LogP contribution in [0.4, 0.5) is 5.69 Å². The maximum atomic E-state index is 12.1. The molecule has 0 radical (unpaired) electrons. The number of phenolic OH excluding ortho intramolecular Hbond substituents is 1. The van der Waals surface area contributed by atoms with Gasteiger partial charge in [-0.1, -0.05) is 32.9 Å². The van der Waals surface area contributed by atoms with Crippen LogP contribution in [0.1, 0.15) is 36.7 Å². The molecule has 0 bridgehead atoms. The Balaban J connectivity index is 2.14. The third kappa shape index (κ3) is 3.97. The van der Waals surface area contributed by atoms with E-state index in [0.29, 0.717) is 5.56 Å². The summed E-state index contributed by atoms with van der Waals surface area (Å²) in [6, 6.07) is 12.7. The van der Waals surface area contributed by atoms with Crippen molar-refractivity contribution in [2.45, 2.75) is 26.2 Å². The average Bonchev–Trinajstić information content (AvgIpc) is 2.41. The fourth-order valence-electron chi connectivity index (χ4n) is 1.91. The molecule has 3 nitrogen and oxygen atoms in total. The van der Waals surface area contributed by atoms with E-state index in [4.69, 9.17) is 0 Å². The molecule has 110 valence electrons. The maximum Gasteiger partial charge on any atom is 0.255 e. The number of rotatable bonds is 2. The molecule has 4 heteroatoms. The van der Waals surface area contributed by atoms with Gasteiger partial charge in [-0.05, 0) is 63.9 Å². The van der Waals surface area contributed by atoms with Crippen LogP contribution in [0.3, 0.4) is 0 Å². The second-order valence-electron chi connectivity index (χ2n) is 5.95. The van der Waals surface area contributed by atoms with Gasteiger partial charge in [0.1, 0.15) is 5.75 Å². The first-order chi connectivity index (χ1) is 9.77. The lowest BCUT2D eigenvalue weighted by Gasteiger charge is -2.19. The van der Waals surface area contributed by atoms with E-state index in [-0.39, 0.29) is 17.1 Å². The van der Waals surface area contributed by atoms with E-state index < -0.39 is 0 Å². The van der Waals surface area contributed by atoms with Crippen molar-refractivity contribution < 1.29 is 9.90 Å². The molecular weight excluding hydrogens is 377 g/mol. The van der Waals surface area contributed by atoms with Gasteiger partial charge in [-0.25, -0.2) is 0 Å². The lowest BCUT2D eigenvalue weighted by atomic mass is 9.87. The largest absolute Gasteiger partial charge is 0.507 e. The number of hydrogen-bond donors (Lipinski definition) is 2. The first kappa shape index (κ1) is 15.8. The minimum absolute atomic E-state index is 0.0877. The molecule has 0 unspecified atom stereocenters. The predicted molar refractivity (Wildman–Crippen MR) is 93.9 cm³/mol. The van der Waals surface area contributed by atoms with Crippen molar-refractivity contribution in [3.8, 4) is 5.75 Å². The first-order valence-electron chi connectivity index (χ1n) is 6.68. The molecule has 2 rings (SSSR count). The summed E-state index contributed by atoms with van der Waals surface area (Å²) < 4.78 is 0.721. The lowest BCUT2D eigenvalue weighted by Crippen LogP contribution is -2.13. The van der Waals surface area contributed by atoms with Gasteiger partial charge in [0.25, 0.3) is 5.91 Å². The molecule has 2 aromatic rings. The molecule has 0 aliphatic heterocycles. The van der Waals surface area contributed by atoms with Crippen molar-refractivity contribution in [2.75, 3.05) is 5.32 Å². The monoisotopic (exact) mass is 395 g/mol. The highest BCUT2D eigenvalue weighted by Crippen LogP contribution is 2.24. The number of anilines is 1. The van der Waals surface area contributed by atoms with Crippen LogP contribution in [-0.4, -0.2) is 11.0 Å². The highest BCUT2D eigenvalue weighted by atomic mass is 127. The normalized spacial score (nSPS) is 11.2. The summed E-state index contributed by atoms with van der Waals surface area (Å²) in [5.74, 6) is -0.114. The van der Waals surface area contributed by atoms with E-state index in [1.165, 1.54) is 11.6 Å². The second-order valence-corrected chi connectivity index (χ2v) is 7.11. The number of amides is 1. The third-order valence-corrected chi connectivity index (χ3v) is 4.13. The van der Waals surface area contributed by atoms with Crippen LogP contribution in [0.2, 0.25) is 0 Å². The van der Waals surface area contributed by atoms with E-state index in [1.807, 2.05) is 46.9 Å². The Morgan fingerprint density at radius 2 is 1.71 bits per heavy atom. The molecule has 0 saturated carbocycles. The Morgan fingerprint density at radius 3 is 2.24 bits per heavy atom. The van der Waals surface area contributed by atoms with Crippen LogP contribution in [-0.2, 0) is 5.41 Å². The number of benzene rings is 2. The number of halogens is 1. The van der Waals surface area contributed by atoms with Crippen molar-refractivity contribution in [3.63, 3.8) is 0 Å². The predicted octanol–water partition coefficient (Wildman–Crippen LogP) is 4.55. The summed E-state index contributed by atoms with van der Waals surface area (Å²) in [4.78, 5) is 12.1. The Bertz CT molecular complexity index is 657. The quantitative estimate of drug-likeness (QED) is 0.734.